The molecule has 0 aliphatic heterocycles. The van der Waals surface area contributed by atoms with Gasteiger partial charge in [0.25, 0.3) is 0 Å². The van der Waals surface area contributed by atoms with E-state index < -0.39 is 16.1 Å². The van der Waals surface area contributed by atoms with Crippen molar-refractivity contribution in [3.05, 3.63) is 65.7 Å². The van der Waals surface area contributed by atoms with E-state index in [9.17, 15) is 13.2 Å². The van der Waals surface area contributed by atoms with E-state index in [1.165, 1.54) is 19.2 Å². The zero-order valence-electron chi connectivity index (χ0n) is 13.1. The third-order valence-corrected chi connectivity index (χ3v) is 4.96. The number of amides is 1. The normalized spacial score (nSPS) is 12.6. The Balaban J connectivity index is 2.23. The van der Waals surface area contributed by atoms with Crippen LogP contribution >= 0.6 is 0 Å². The summed E-state index contributed by atoms with van der Waals surface area (Å²) < 4.78 is 27.4. The molecule has 0 heterocycles. The maximum absolute atomic E-state index is 12.5. The summed E-state index contributed by atoms with van der Waals surface area (Å²) in [6.45, 7) is 1.88. The van der Waals surface area contributed by atoms with E-state index in [0.717, 1.165) is 11.1 Å². The highest BCUT2D eigenvalue weighted by molar-refractivity contribution is 7.89. The fourth-order valence-electron chi connectivity index (χ4n) is 2.18. The molecule has 1 amide bonds. The lowest BCUT2D eigenvalue weighted by Crippen LogP contribution is -2.46. The smallest absolute Gasteiger partial charge is 0.241 e. The molecule has 0 aliphatic rings. The van der Waals surface area contributed by atoms with Gasteiger partial charge in [-0.15, -0.1) is 0 Å². The Bertz CT molecular complexity index is 756. The topological polar surface area (TPSA) is 75.3 Å². The van der Waals surface area contributed by atoms with Crippen molar-refractivity contribution in [3.63, 3.8) is 0 Å². The average Bonchev–Trinajstić information content (AvgIpc) is 2.54. The molecule has 2 aromatic rings. The number of hydrogen-bond donors (Lipinski definition) is 2. The summed E-state index contributed by atoms with van der Waals surface area (Å²) in [4.78, 5) is 12.2. The molecule has 0 saturated heterocycles. The van der Waals surface area contributed by atoms with Gasteiger partial charge in [-0.3, -0.25) is 4.79 Å². The monoisotopic (exact) mass is 332 g/mol. The van der Waals surface area contributed by atoms with Gasteiger partial charge in [0, 0.05) is 7.05 Å². The Morgan fingerprint density at radius 2 is 1.65 bits per heavy atom. The molecule has 0 radical (unpaired) electrons. The molecule has 0 unspecified atom stereocenters. The Labute approximate surface area is 136 Å². The van der Waals surface area contributed by atoms with Crippen molar-refractivity contribution in [2.45, 2.75) is 24.3 Å². The molecule has 0 saturated carbocycles. The van der Waals surface area contributed by atoms with E-state index in [0.29, 0.717) is 0 Å². The van der Waals surface area contributed by atoms with E-state index in [-0.39, 0.29) is 17.2 Å². The van der Waals surface area contributed by atoms with Crippen LogP contribution in [0.2, 0.25) is 0 Å². The van der Waals surface area contributed by atoms with Crippen LogP contribution in [0.25, 0.3) is 0 Å². The highest BCUT2D eigenvalue weighted by Crippen LogP contribution is 2.12. The van der Waals surface area contributed by atoms with Crippen LogP contribution in [0.4, 0.5) is 0 Å². The summed E-state index contributed by atoms with van der Waals surface area (Å²) in [6, 6.07) is 14.9. The minimum atomic E-state index is -3.76. The Kier molecular flexibility index (Phi) is 5.52. The van der Waals surface area contributed by atoms with Crippen LogP contribution in [0.3, 0.4) is 0 Å². The number of nitrogens with one attached hydrogen (secondary N) is 2. The summed E-state index contributed by atoms with van der Waals surface area (Å²) in [5.74, 6) is -0.371. The molecule has 0 spiro atoms. The Morgan fingerprint density at radius 3 is 2.22 bits per heavy atom. The number of likely N-dealkylation sites (N-methyl/N-ethyl adjacent to an activating group) is 1. The van der Waals surface area contributed by atoms with E-state index in [4.69, 9.17) is 0 Å². The number of benzene rings is 2. The lowest BCUT2D eigenvalue weighted by Gasteiger charge is -2.17. The van der Waals surface area contributed by atoms with Crippen LogP contribution in [0, 0.1) is 6.92 Å². The summed E-state index contributed by atoms with van der Waals surface area (Å²) in [6.07, 6.45) is 0.283. The molecule has 2 aromatic carbocycles. The molecule has 0 aromatic heterocycles. The number of carbonyl (C=O) groups excluding carboxylic acids is 1. The van der Waals surface area contributed by atoms with Crippen molar-refractivity contribution in [2.75, 3.05) is 7.05 Å². The zero-order valence-corrected chi connectivity index (χ0v) is 13.9. The van der Waals surface area contributed by atoms with Gasteiger partial charge in [0.05, 0.1) is 4.90 Å². The van der Waals surface area contributed by atoms with Gasteiger partial charge in [-0.1, -0.05) is 48.0 Å². The standard InChI is InChI=1S/C17H20N2O3S/c1-13-8-10-15(11-9-13)23(21,22)19-16(17(20)18-2)12-14-6-4-3-5-7-14/h3-11,16,19H,12H2,1-2H3,(H,18,20)/t16-/m1/s1. The van der Waals surface area contributed by atoms with Crippen molar-refractivity contribution < 1.29 is 13.2 Å². The lowest BCUT2D eigenvalue weighted by atomic mass is 10.1. The Hall–Kier alpha value is -2.18. The fourth-order valence-corrected chi connectivity index (χ4v) is 3.38. The second kappa shape index (κ2) is 7.39. The lowest BCUT2D eigenvalue weighted by molar-refractivity contribution is -0.122. The van der Waals surface area contributed by atoms with Crippen molar-refractivity contribution in [2.24, 2.45) is 0 Å². The number of sulfonamides is 1. The second-order valence-electron chi connectivity index (χ2n) is 5.29. The summed E-state index contributed by atoms with van der Waals surface area (Å²) in [7, 11) is -2.28. The van der Waals surface area contributed by atoms with Crippen LogP contribution in [-0.4, -0.2) is 27.4 Å². The molecule has 122 valence electrons. The molecule has 6 heteroatoms. The van der Waals surface area contributed by atoms with Gasteiger partial charge in [-0.2, -0.15) is 4.72 Å². The average molecular weight is 332 g/mol. The van der Waals surface area contributed by atoms with Crippen molar-refractivity contribution >= 4 is 15.9 Å². The predicted molar refractivity (Wildman–Crippen MR) is 89.5 cm³/mol. The summed E-state index contributed by atoms with van der Waals surface area (Å²) in [5.41, 5.74) is 1.85. The highest BCUT2D eigenvalue weighted by atomic mass is 32.2. The number of hydrogen-bond acceptors (Lipinski definition) is 3. The molecule has 2 rings (SSSR count). The van der Waals surface area contributed by atoms with Crippen LogP contribution in [-0.2, 0) is 21.2 Å². The number of rotatable bonds is 6. The summed E-state index contributed by atoms with van der Waals surface area (Å²) >= 11 is 0. The van der Waals surface area contributed by atoms with Crippen LogP contribution in [0.1, 0.15) is 11.1 Å². The predicted octanol–water partition coefficient (Wildman–Crippen LogP) is 1.63. The third kappa shape index (κ3) is 4.64. The number of aryl methyl sites for hydroxylation is 1. The molecule has 5 nitrogen and oxygen atoms in total. The third-order valence-electron chi connectivity index (χ3n) is 3.47. The van der Waals surface area contributed by atoms with Crippen molar-refractivity contribution in [1.29, 1.82) is 0 Å². The highest BCUT2D eigenvalue weighted by Gasteiger charge is 2.25. The Morgan fingerprint density at radius 1 is 1.04 bits per heavy atom. The minimum absolute atomic E-state index is 0.144. The van der Waals surface area contributed by atoms with Crippen molar-refractivity contribution in [3.8, 4) is 0 Å². The SMILES string of the molecule is CNC(=O)[C@@H](Cc1ccccc1)NS(=O)(=O)c1ccc(C)cc1. The molecular weight excluding hydrogens is 312 g/mol. The van der Waals surface area contributed by atoms with Gasteiger partial charge >= 0.3 is 0 Å². The van der Waals surface area contributed by atoms with Gasteiger partial charge in [-0.05, 0) is 31.0 Å². The quantitative estimate of drug-likeness (QED) is 0.844. The largest absolute Gasteiger partial charge is 0.358 e. The minimum Gasteiger partial charge on any atom is -0.358 e. The first kappa shape index (κ1) is 17.2. The van der Waals surface area contributed by atoms with E-state index in [2.05, 4.69) is 10.0 Å². The first-order chi connectivity index (χ1) is 10.9. The van der Waals surface area contributed by atoms with Crippen LogP contribution in [0.15, 0.2) is 59.5 Å². The van der Waals surface area contributed by atoms with Crippen LogP contribution in [0.5, 0.6) is 0 Å². The maximum Gasteiger partial charge on any atom is 0.241 e. The molecule has 1 atom stereocenters. The first-order valence-electron chi connectivity index (χ1n) is 7.27. The van der Waals surface area contributed by atoms with Gasteiger partial charge in [0.1, 0.15) is 6.04 Å². The van der Waals surface area contributed by atoms with Gasteiger partial charge in [0.2, 0.25) is 15.9 Å². The van der Waals surface area contributed by atoms with Crippen LogP contribution < -0.4 is 10.0 Å². The molecule has 0 bridgehead atoms. The summed E-state index contributed by atoms with van der Waals surface area (Å²) in [5, 5.41) is 2.50. The van der Waals surface area contributed by atoms with Gasteiger partial charge in [-0.25, -0.2) is 8.42 Å². The van der Waals surface area contributed by atoms with E-state index >= 15 is 0 Å². The molecule has 2 N–H and O–H groups in total. The molecule has 23 heavy (non-hydrogen) atoms. The van der Waals surface area contributed by atoms with Crippen molar-refractivity contribution in [1.82, 2.24) is 10.0 Å². The molecule has 0 aliphatic carbocycles. The molecule has 0 fully saturated rings. The fraction of sp³-hybridized carbons (Fsp3) is 0.235. The first-order valence-corrected chi connectivity index (χ1v) is 8.75. The molecular formula is C17H20N2O3S. The second-order valence-corrected chi connectivity index (χ2v) is 7.00. The van der Waals surface area contributed by atoms with E-state index in [1.807, 2.05) is 37.3 Å². The zero-order chi connectivity index (χ0) is 16.9. The van der Waals surface area contributed by atoms with Gasteiger partial charge in [0.15, 0.2) is 0 Å². The maximum atomic E-state index is 12.5. The van der Waals surface area contributed by atoms with Gasteiger partial charge < -0.3 is 5.32 Å². The van der Waals surface area contributed by atoms with E-state index in [1.54, 1.807) is 12.1 Å². The number of carbonyl (C=O) groups is 1.